The monoisotopic (exact) mass is 427 g/mol. The smallest absolute Gasteiger partial charge is 0.251 e. The van der Waals surface area contributed by atoms with E-state index in [1.165, 1.54) is 0 Å². The van der Waals surface area contributed by atoms with Gasteiger partial charge < -0.3 is 14.5 Å². The molecule has 0 unspecified atom stereocenters. The summed E-state index contributed by atoms with van der Waals surface area (Å²) in [6.45, 7) is 1.29. The van der Waals surface area contributed by atoms with E-state index in [1.807, 2.05) is 41.2 Å². The lowest BCUT2D eigenvalue weighted by Gasteiger charge is -2.08. The van der Waals surface area contributed by atoms with Crippen LogP contribution in [0.5, 0.6) is 5.75 Å². The fraction of sp³-hybridized carbons (Fsp3) is 0.200. The Balaban J connectivity index is 1.40. The molecule has 0 bridgehead atoms. The number of carbonyl (C=O) groups excluding carboxylic acids is 1. The minimum atomic E-state index is -0.159. The molecule has 1 N–H and O–H groups in total. The van der Waals surface area contributed by atoms with Crippen molar-refractivity contribution in [2.75, 3.05) is 13.7 Å². The summed E-state index contributed by atoms with van der Waals surface area (Å²) in [4.78, 5) is 12.5. The quantitative estimate of drug-likeness (QED) is 0.463. The summed E-state index contributed by atoms with van der Waals surface area (Å²) in [5.41, 5.74) is 2.21. The minimum absolute atomic E-state index is 0.159. The summed E-state index contributed by atoms with van der Waals surface area (Å²) in [5, 5.41) is 9.29. The van der Waals surface area contributed by atoms with Gasteiger partial charge in [-0.15, -0.1) is 0 Å². The Labute approximate surface area is 164 Å². The summed E-state index contributed by atoms with van der Waals surface area (Å²) < 4.78 is 13.5. The number of rotatable bonds is 6. The van der Waals surface area contributed by atoms with Crippen LogP contribution in [-0.2, 0) is 6.54 Å². The number of hydrogen-bond donors (Lipinski definition) is 1. The third-order valence-corrected chi connectivity index (χ3v) is 4.83. The first-order valence-corrected chi connectivity index (χ1v) is 9.41. The van der Waals surface area contributed by atoms with Gasteiger partial charge in [-0.05, 0) is 40.5 Å². The fourth-order valence-corrected chi connectivity index (χ4v) is 3.52. The first-order chi connectivity index (χ1) is 13.2. The summed E-state index contributed by atoms with van der Waals surface area (Å²) in [6.07, 6.45) is 2.64. The third kappa shape index (κ3) is 3.55. The number of nitrogens with zero attached hydrogens (tertiary/aromatic N) is 2. The highest BCUT2D eigenvalue weighted by molar-refractivity contribution is 9.10. The van der Waals surface area contributed by atoms with Crippen LogP contribution in [0.4, 0.5) is 0 Å². The molecule has 2 aromatic carbocycles. The van der Waals surface area contributed by atoms with Gasteiger partial charge in [0.05, 0.1) is 24.2 Å². The van der Waals surface area contributed by atoms with Gasteiger partial charge in [0.15, 0.2) is 4.67 Å². The van der Waals surface area contributed by atoms with Crippen LogP contribution in [0.3, 0.4) is 0 Å². The molecule has 2 aromatic heterocycles. The molecule has 0 aliphatic rings. The number of amides is 1. The van der Waals surface area contributed by atoms with Crippen molar-refractivity contribution in [3.05, 3.63) is 58.9 Å². The molecule has 0 fully saturated rings. The number of methoxy groups -OCH3 is 1. The molecule has 27 heavy (non-hydrogen) atoms. The SMILES string of the molecule is COc1cc(C(=O)NCCCn2ncc3ccccc32)cc2oc(Br)cc12. The minimum Gasteiger partial charge on any atom is -0.496 e. The molecule has 6 nitrogen and oxygen atoms in total. The van der Waals surface area contributed by atoms with Crippen LogP contribution in [0.15, 0.2) is 57.7 Å². The van der Waals surface area contributed by atoms with Crippen LogP contribution in [0.25, 0.3) is 21.9 Å². The van der Waals surface area contributed by atoms with Crippen molar-refractivity contribution in [3.8, 4) is 5.75 Å². The molecule has 4 aromatic rings. The second kappa shape index (κ2) is 7.44. The predicted octanol–water partition coefficient (Wildman–Crippen LogP) is 4.37. The van der Waals surface area contributed by atoms with Crippen LogP contribution in [-0.4, -0.2) is 29.3 Å². The molecule has 138 valence electrons. The van der Waals surface area contributed by atoms with Gasteiger partial charge in [0.2, 0.25) is 0 Å². The van der Waals surface area contributed by atoms with Crippen molar-refractivity contribution in [1.29, 1.82) is 0 Å². The highest BCUT2D eigenvalue weighted by atomic mass is 79.9. The van der Waals surface area contributed by atoms with E-state index in [-0.39, 0.29) is 5.91 Å². The maximum atomic E-state index is 12.5. The largest absolute Gasteiger partial charge is 0.496 e. The van der Waals surface area contributed by atoms with Gasteiger partial charge in [-0.2, -0.15) is 5.10 Å². The number of ether oxygens (including phenoxy) is 1. The fourth-order valence-electron chi connectivity index (χ4n) is 3.11. The number of furan rings is 1. The van der Waals surface area contributed by atoms with E-state index in [4.69, 9.17) is 9.15 Å². The highest BCUT2D eigenvalue weighted by Gasteiger charge is 2.14. The van der Waals surface area contributed by atoms with Gasteiger partial charge in [-0.25, -0.2) is 0 Å². The maximum Gasteiger partial charge on any atom is 0.251 e. The Morgan fingerprint density at radius 3 is 3.00 bits per heavy atom. The average Bonchev–Trinajstić information content (AvgIpc) is 3.26. The van der Waals surface area contributed by atoms with Gasteiger partial charge in [-0.1, -0.05) is 18.2 Å². The van der Waals surface area contributed by atoms with Crippen molar-refractivity contribution in [2.24, 2.45) is 0 Å². The third-order valence-electron chi connectivity index (χ3n) is 4.43. The van der Waals surface area contributed by atoms with E-state index in [0.717, 1.165) is 29.3 Å². The van der Waals surface area contributed by atoms with E-state index in [0.29, 0.717) is 28.1 Å². The number of benzene rings is 2. The molecule has 0 saturated carbocycles. The van der Waals surface area contributed by atoms with Crippen molar-refractivity contribution in [3.63, 3.8) is 0 Å². The predicted molar refractivity (Wildman–Crippen MR) is 107 cm³/mol. The van der Waals surface area contributed by atoms with E-state index in [2.05, 4.69) is 26.3 Å². The van der Waals surface area contributed by atoms with Crippen LogP contribution >= 0.6 is 15.9 Å². The second-order valence-corrected chi connectivity index (χ2v) is 6.96. The summed E-state index contributed by atoms with van der Waals surface area (Å²) in [7, 11) is 1.58. The Hall–Kier alpha value is -2.80. The number of aryl methyl sites for hydroxylation is 1. The lowest BCUT2D eigenvalue weighted by Crippen LogP contribution is -2.25. The Morgan fingerprint density at radius 2 is 2.15 bits per heavy atom. The summed E-state index contributed by atoms with van der Waals surface area (Å²) >= 11 is 3.31. The zero-order chi connectivity index (χ0) is 18.8. The van der Waals surface area contributed by atoms with Crippen LogP contribution in [0.1, 0.15) is 16.8 Å². The van der Waals surface area contributed by atoms with Crippen LogP contribution in [0, 0.1) is 0 Å². The lowest BCUT2D eigenvalue weighted by atomic mass is 10.1. The molecule has 2 heterocycles. The number of carbonyl (C=O) groups is 1. The molecular formula is C20H18BrN3O3. The van der Waals surface area contributed by atoms with Crippen molar-refractivity contribution in [2.45, 2.75) is 13.0 Å². The number of nitrogens with one attached hydrogen (secondary N) is 1. The lowest BCUT2D eigenvalue weighted by molar-refractivity contribution is 0.0952. The molecule has 0 saturated heterocycles. The molecule has 0 aliphatic carbocycles. The molecule has 7 heteroatoms. The zero-order valence-electron chi connectivity index (χ0n) is 14.7. The average molecular weight is 428 g/mol. The zero-order valence-corrected chi connectivity index (χ0v) is 16.3. The number of hydrogen-bond acceptors (Lipinski definition) is 4. The molecule has 0 aliphatic heterocycles. The number of fused-ring (bicyclic) bond motifs is 2. The van der Waals surface area contributed by atoms with Crippen molar-refractivity contribution in [1.82, 2.24) is 15.1 Å². The first-order valence-electron chi connectivity index (χ1n) is 8.61. The Morgan fingerprint density at radius 1 is 1.30 bits per heavy atom. The van der Waals surface area contributed by atoms with Gasteiger partial charge in [0.25, 0.3) is 5.91 Å². The maximum absolute atomic E-state index is 12.5. The summed E-state index contributed by atoms with van der Waals surface area (Å²) in [6, 6.07) is 13.3. The Bertz CT molecular complexity index is 1120. The van der Waals surface area contributed by atoms with Crippen molar-refractivity contribution < 1.29 is 13.9 Å². The second-order valence-electron chi connectivity index (χ2n) is 6.18. The first kappa shape index (κ1) is 17.6. The van der Waals surface area contributed by atoms with Crippen molar-refractivity contribution >= 4 is 43.7 Å². The molecule has 0 spiro atoms. The highest BCUT2D eigenvalue weighted by Crippen LogP contribution is 2.32. The van der Waals surface area contributed by atoms with E-state index < -0.39 is 0 Å². The molecule has 0 atom stereocenters. The van der Waals surface area contributed by atoms with Gasteiger partial charge >= 0.3 is 0 Å². The van der Waals surface area contributed by atoms with Gasteiger partial charge in [-0.3, -0.25) is 9.48 Å². The van der Waals surface area contributed by atoms with E-state index in [1.54, 1.807) is 19.2 Å². The standard InChI is InChI=1S/C20H18BrN3O3/c1-26-17-9-14(10-18-15(17)11-19(21)27-18)20(25)22-7-4-8-24-16-6-3-2-5-13(16)12-23-24/h2-3,5-6,9-12H,4,7-8H2,1H3,(H,22,25). The topological polar surface area (TPSA) is 69.3 Å². The summed E-state index contributed by atoms with van der Waals surface area (Å²) in [5.74, 6) is 0.447. The van der Waals surface area contributed by atoms with Gasteiger partial charge in [0, 0.05) is 30.1 Å². The van der Waals surface area contributed by atoms with E-state index >= 15 is 0 Å². The van der Waals surface area contributed by atoms with Crippen LogP contribution < -0.4 is 10.1 Å². The normalized spacial score (nSPS) is 11.2. The van der Waals surface area contributed by atoms with Crippen LogP contribution in [0.2, 0.25) is 0 Å². The molecule has 0 radical (unpaired) electrons. The van der Waals surface area contributed by atoms with Gasteiger partial charge in [0.1, 0.15) is 11.3 Å². The number of aromatic nitrogens is 2. The number of halogens is 1. The van der Waals surface area contributed by atoms with E-state index in [9.17, 15) is 4.79 Å². The molecule has 1 amide bonds. The number of para-hydroxylation sites is 1. The molecular weight excluding hydrogens is 410 g/mol. The molecule has 4 rings (SSSR count). The Kier molecular flexibility index (Phi) is 4.85.